The molecule has 0 aliphatic heterocycles. The Kier molecular flexibility index (Phi) is 16.0. The summed E-state index contributed by atoms with van der Waals surface area (Å²) in [4.78, 5) is 11.6. The number of unbranched alkanes of at least 4 members (excludes halogenated alkanes) is 9. The SMILES string of the molecule is CCCCCCCCCCCCOC(=O)C(N)CCSC. The van der Waals surface area contributed by atoms with E-state index in [4.69, 9.17) is 10.5 Å². The molecule has 0 radical (unpaired) electrons. The van der Waals surface area contributed by atoms with Gasteiger partial charge in [0.2, 0.25) is 0 Å². The van der Waals surface area contributed by atoms with Crippen LogP contribution in [0.2, 0.25) is 0 Å². The Hall–Kier alpha value is -0.220. The maximum absolute atomic E-state index is 11.6. The third kappa shape index (κ3) is 14.5. The minimum Gasteiger partial charge on any atom is -0.465 e. The van der Waals surface area contributed by atoms with Gasteiger partial charge in [-0.2, -0.15) is 11.8 Å². The van der Waals surface area contributed by atoms with Crippen molar-refractivity contribution in [2.75, 3.05) is 18.6 Å². The van der Waals surface area contributed by atoms with Gasteiger partial charge in [0, 0.05) is 0 Å². The molecule has 1 atom stereocenters. The molecule has 1 unspecified atom stereocenters. The van der Waals surface area contributed by atoms with E-state index >= 15 is 0 Å². The van der Waals surface area contributed by atoms with Crippen molar-refractivity contribution in [3.63, 3.8) is 0 Å². The van der Waals surface area contributed by atoms with E-state index in [1.807, 2.05) is 6.26 Å². The molecule has 4 heteroatoms. The van der Waals surface area contributed by atoms with Gasteiger partial charge >= 0.3 is 5.97 Å². The highest BCUT2D eigenvalue weighted by Crippen LogP contribution is 2.10. The molecule has 0 aromatic heterocycles. The van der Waals surface area contributed by atoms with Gasteiger partial charge in [0.25, 0.3) is 0 Å². The second kappa shape index (κ2) is 16.2. The Morgan fingerprint density at radius 1 is 1.00 bits per heavy atom. The van der Waals surface area contributed by atoms with Gasteiger partial charge in [0.05, 0.1) is 6.61 Å². The lowest BCUT2D eigenvalue weighted by atomic mass is 10.1. The Morgan fingerprint density at radius 2 is 1.52 bits per heavy atom. The summed E-state index contributed by atoms with van der Waals surface area (Å²) in [5.41, 5.74) is 5.75. The van der Waals surface area contributed by atoms with Crippen molar-refractivity contribution in [1.82, 2.24) is 0 Å². The highest BCUT2D eigenvalue weighted by molar-refractivity contribution is 7.98. The molecule has 3 nitrogen and oxygen atoms in total. The van der Waals surface area contributed by atoms with Crippen LogP contribution in [-0.2, 0) is 9.53 Å². The minimum absolute atomic E-state index is 0.236. The molecule has 0 saturated carbocycles. The van der Waals surface area contributed by atoms with Crippen molar-refractivity contribution < 1.29 is 9.53 Å². The Bertz CT molecular complexity index is 237. The summed E-state index contributed by atoms with van der Waals surface area (Å²) in [5.74, 6) is 0.675. The number of esters is 1. The molecule has 0 aromatic carbocycles. The summed E-state index contributed by atoms with van der Waals surface area (Å²) >= 11 is 1.71. The zero-order valence-electron chi connectivity index (χ0n) is 14.1. The van der Waals surface area contributed by atoms with Crippen molar-refractivity contribution in [2.24, 2.45) is 5.73 Å². The van der Waals surface area contributed by atoms with E-state index in [9.17, 15) is 4.79 Å². The summed E-state index contributed by atoms with van der Waals surface area (Å²) in [5, 5.41) is 0. The van der Waals surface area contributed by atoms with E-state index in [1.54, 1.807) is 11.8 Å². The molecule has 0 saturated heterocycles. The molecule has 21 heavy (non-hydrogen) atoms. The second-order valence-corrected chi connectivity index (χ2v) is 6.72. The lowest BCUT2D eigenvalue weighted by Gasteiger charge is -2.10. The van der Waals surface area contributed by atoms with Crippen LogP contribution in [0.15, 0.2) is 0 Å². The molecule has 0 fully saturated rings. The topological polar surface area (TPSA) is 52.3 Å². The Morgan fingerprint density at radius 3 is 2.05 bits per heavy atom. The monoisotopic (exact) mass is 317 g/mol. The van der Waals surface area contributed by atoms with Crippen LogP contribution in [0.3, 0.4) is 0 Å². The summed E-state index contributed by atoms with van der Waals surface area (Å²) < 4.78 is 5.20. The van der Waals surface area contributed by atoms with Crippen LogP contribution in [0.5, 0.6) is 0 Å². The molecule has 0 heterocycles. The lowest BCUT2D eigenvalue weighted by Crippen LogP contribution is -2.33. The molecule has 0 spiro atoms. The average molecular weight is 318 g/mol. The molecule has 0 aliphatic carbocycles. The summed E-state index contributed by atoms with van der Waals surface area (Å²) in [6.45, 7) is 2.78. The van der Waals surface area contributed by atoms with Crippen LogP contribution in [0, 0.1) is 0 Å². The predicted octanol–water partition coefficient (Wildman–Crippen LogP) is 4.53. The van der Waals surface area contributed by atoms with Gasteiger partial charge in [-0.15, -0.1) is 0 Å². The molecule has 126 valence electrons. The van der Waals surface area contributed by atoms with Crippen molar-refractivity contribution in [3.8, 4) is 0 Å². The number of carbonyl (C=O) groups excluding carboxylic acids is 1. The van der Waals surface area contributed by atoms with E-state index < -0.39 is 6.04 Å². The Labute approximate surface area is 135 Å². The minimum atomic E-state index is -0.444. The van der Waals surface area contributed by atoms with Gasteiger partial charge in [0.15, 0.2) is 0 Å². The van der Waals surface area contributed by atoms with Crippen LogP contribution < -0.4 is 5.73 Å². The zero-order valence-corrected chi connectivity index (χ0v) is 14.9. The maximum Gasteiger partial charge on any atom is 0.322 e. The van der Waals surface area contributed by atoms with E-state index in [0.29, 0.717) is 13.0 Å². The van der Waals surface area contributed by atoms with Crippen LogP contribution in [0.25, 0.3) is 0 Å². The maximum atomic E-state index is 11.6. The first-order chi connectivity index (χ1) is 10.2. The first kappa shape index (κ1) is 20.8. The van der Waals surface area contributed by atoms with Crippen LogP contribution in [0.1, 0.15) is 77.6 Å². The molecule has 0 aromatic rings. The summed E-state index contributed by atoms with van der Waals surface area (Å²) in [7, 11) is 0. The quantitative estimate of drug-likeness (QED) is 0.356. The lowest BCUT2D eigenvalue weighted by molar-refractivity contribution is -0.145. The number of nitrogens with two attached hydrogens (primary N) is 1. The second-order valence-electron chi connectivity index (χ2n) is 5.74. The highest BCUT2D eigenvalue weighted by Gasteiger charge is 2.13. The fraction of sp³-hybridized carbons (Fsp3) is 0.941. The predicted molar refractivity (Wildman–Crippen MR) is 93.8 cm³/mol. The van der Waals surface area contributed by atoms with Crippen molar-refractivity contribution in [2.45, 2.75) is 83.6 Å². The fourth-order valence-electron chi connectivity index (χ4n) is 2.23. The summed E-state index contributed by atoms with van der Waals surface area (Å²) in [6.07, 6.45) is 15.6. The molecule has 2 N–H and O–H groups in total. The van der Waals surface area contributed by atoms with Gasteiger partial charge in [0.1, 0.15) is 6.04 Å². The number of carbonyl (C=O) groups is 1. The number of rotatable bonds is 15. The van der Waals surface area contributed by atoms with Crippen LogP contribution in [0.4, 0.5) is 0 Å². The summed E-state index contributed by atoms with van der Waals surface area (Å²) in [6, 6.07) is -0.444. The molecular formula is C17H35NO2S. The number of hydrogen-bond acceptors (Lipinski definition) is 4. The highest BCUT2D eigenvalue weighted by atomic mass is 32.2. The standard InChI is InChI=1S/C17H35NO2S/c1-3-4-5-6-7-8-9-10-11-12-14-20-17(19)16(18)13-15-21-2/h16H,3-15,18H2,1-2H3. The van der Waals surface area contributed by atoms with Crippen LogP contribution in [-0.4, -0.2) is 30.6 Å². The van der Waals surface area contributed by atoms with Crippen molar-refractivity contribution in [1.29, 1.82) is 0 Å². The van der Waals surface area contributed by atoms with Gasteiger partial charge in [-0.25, -0.2) is 0 Å². The van der Waals surface area contributed by atoms with Gasteiger partial charge in [-0.3, -0.25) is 4.79 Å². The Balaban J connectivity index is 3.23. The zero-order chi connectivity index (χ0) is 15.8. The van der Waals surface area contributed by atoms with Crippen LogP contribution >= 0.6 is 11.8 Å². The first-order valence-corrected chi connectivity index (χ1v) is 10.0. The number of hydrogen-bond donors (Lipinski definition) is 1. The smallest absolute Gasteiger partial charge is 0.322 e. The third-order valence-electron chi connectivity index (χ3n) is 3.68. The van der Waals surface area contributed by atoms with Crippen molar-refractivity contribution >= 4 is 17.7 Å². The molecule has 0 bridgehead atoms. The van der Waals surface area contributed by atoms with Gasteiger partial charge < -0.3 is 10.5 Å². The molecule has 0 rings (SSSR count). The first-order valence-electron chi connectivity index (χ1n) is 8.63. The fourth-order valence-corrected chi connectivity index (χ4v) is 2.72. The van der Waals surface area contributed by atoms with E-state index in [1.165, 1.54) is 51.4 Å². The molecular weight excluding hydrogens is 282 g/mol. The average Bonchev–Trinajstić information content (AvgIpc) is 2.49. The van der Waals surface area contributed by atoms with Crippen molar-refractivity contribution in [3.05, 3.63) is 0 Å². The molecule has 0 amide bonds. The van der Waals surface area contributed by atoms with E-state index in [0.717, 1.165) is 18.6 Å². The number of thioether (sulfide) groups is 1. The van der Waals surface area contributed by atoms with E-state index in [-0.39, 0.29) is 5.97 Å². The van der Waals surface area contributed by atoms with Gasteiger partial charge in [-0.05, 0) is 24.9 Å². The largest absolute Gasteiger partial charge is 0.465 e. The van der Waals surface area contributed by atoms with E-state index in [2.05, 4.69) is 6.92 Å². The normalized spacial score (nSPS) is 12.3. The molecule has 0 aliphatic rings. The van der Waals surface area contributed by atoms with Gasteiger partial charge in [-0.1, -0.05) is 64.7 Å². The third-order valence-corrected chi connectivity index (χ3v) is 4.32. The number of ether oxygens (including phenoxy) is 1.